The van der Waals surface area contributed by atoms with Crippen molar-refractivity contribution in [1.29, 1.82) is 0 Å². The van der Waals surface area contributed by atoms with Crippen molar-refractivity contribution in [3.8, 4) is 0 Å². The Morgan fingerprint density at radius 2 is 2.11 bits per heavy atom. The summed E-state index contributed by atoms with van der Waals surface area (Å²) in [6.45, 7) is 3.21. The minimum atomic E-state index is -3.82. The lowest BCUT2D eigenvalue weighted by Crippen LogP contribution is -2.52. The molecule has 0 spiro atoms. The average molecular weight is 327 g/mol. The molecule has 1 aliphatic rings. The van der Waals surface area contributed by atoms with E-state index in [0.717, 1.165) is 0 Å². The lowest BCUT2D eigenvalue weighted by molar-refractivity contribution is 0.284. The molecule has 0 amide bonds. The molecule has 0 unspecified atom stereocenters. The number of sulfonamides is 1. The van der Waals surface area contributed by atoms with E-state index in [2.05, 4.69) is 5.32 Å². The Kier molecular flexibility index (Phi) is 4.37. The van der Waals surface area contributed by atoms with Crippen LogP contribution in [0.3, 0.4) is 0 Å². The molecular formula is C11H13Cl2FN2O2S. The molecule has 0 bridgehead atoms. The molecule has 1 aliphatic heterocycles. The van der Waals surface area contributed by atoms with Crippen molar-refractivity contribution in [2.75, 3.05) is 19.6 Å². The molecule has 1 aromatic carbocycles. The van der Waals surface area contributed by atoms with Gasteiger partial charge in [-0.05, 0) is 19.1 Å². The Morgan fingerprint density at radius 1 is 1.42 bits per heavy atom. The monoisotopic (exact) mass is 326 g/mol. The van der Waals surface area contributed by atoms with Crippen LogP contribution in [0, 0.1) is 5.82 Å². The second-order valence-electron chi connectivity index (χ2n) is 4.34. The van der Waals surface area contributed by atoms with Crippen molar-refractivity contribution in [3.63, 3.8) is 0 Å². The summed E-state index contributed by atoms with van der Waals surface area (Å²) >= 11 is 11.3. The van der Waals surface area contributed by atoms with E-state index < -0.39 is 20.9 Å². The zero-order chi connectivity index (χ0) is 14.2. The van der Waals surface area contributed by atoms with Crippen LogP contribution in [0.2, 0.25) is 10.0 Å². The Labute approximate surface area is 121 Å². The van der Waals surface area contributed by atoms with Gasteiger partial charge in [-0.2, -0.15) is 4.31 Å². The van der Waals surface area contributed by atoms with Gasteiger partial charge in [-0.3, -0.25) is 0 Å². The van der Waals surface area contributed by atoms with E-state index in [1.165, 1.54) is 16.4 Å². The van der Waals surface area contributed by atoms with Crippen LogP contribution in [0.4, 0.5) is 4.39 Å². The van der Waals surface area contributed by atoms with Crippen molar-refractivity contribution in [3.05, 3.63) is 28.0 Å². The first-order valence-electron chi connectivity index (χ1n) is 5.71. The minimum Gasteiger partial charge on any atom is -0.314 e. The van der Waals surface area contributed by atoms with E-state index in [1.807, 2.05) is 0 Å². The smallest absolute Gasteiger partial charge is 0.244 e. The minimum absolute atomic E-state index is 0.197. The summed E-state index contributed by atoms with van der Waals surface area (Å²) in [4.78, 5) is -0.246. The highest BCUT2D eigenvalue weighted by molar-refractivity contribution is 7.89. The summed E-state index contributed by atoms with van der Waals surface area (Å²) in [6.07, 6.45) is 0. The van der Waals surface area contributed by atoms with Crippen LogP contribution < -0.4 is 5.32 Å². The number of nitrogens with zero attached hydrogens (tertiary/aromatic N) is 1. The molecule has 1 aromatic rings. The van der Waals surface area contributed by atoms with Gasteiger partial charge in [0.2, 0.25) is 10.0 Å². The fourth-order valence-electron chi connectivity index (χ4n) is 2.01. The summed E-state index contributed by atoms with van der Waals surface area (Å²) in [6, 6.07) is 2.22. The number of piperazine rings is 1. The van der Waals surface area contributed by atoms with Crippen molar-refractivity contribution in [2.45, 2.75) is 17.9 Å². The van der Waals surface area contributed by atoms with Crippen LogP contribution in [0.1, 0.15) is 6.92 Å². The zero-order valence-electron chi connectivity index (χ0n) is 10.2. The van der Waals surface area contributed by atoms with Crippen LogP contribution >= 0.6 is 23.2 Å². The van der Waals surface area contributed by atoms with Gasteiger partial charge in [-0.15, -0.1) is 0 Å². The van der Waals surface area contributed by atoms with Gasteiger partial charge in [0.05, 0.1) is 10.0 Å². The van der Waals surface area contributed by atoms with E-state index in [-0.39, 0.29) is 16.0 Å². The standard InChI is InChI=1S/C11H13Cl2FN2O2S/c1-7-6-15-4-5-16(7)19(17,18)9-3-2-8(12)11(14)10(9)13/h2-3,7,15H,4-6H2,1H3/t7-/m1/s1. The van der Waals surface area contributed by atoms with Gasteiger partial charge >= 0.3 is 0 Å². The summed E-state index contributed by atoms with van der Waals surface area (Å²) in [5, 5.41) is 2.43. The molecular weight excluding hydrogens is 314 g/mol. The molecule has 1 saturated heterocycles. The van der Waals surface area contributed by atoms with Crippen LogP contribution in [0.5, 0.6) is 0 Å². The SMILES string of the molecule is C[C@@H]1CNCCN1S(=O)(=O)c1ccc(Cl)c(F)c1Cl. The largest absolute Gasteiger partial charge is 0.314 e. The lowest BCUT2D eigenvalue weighted by atomic mass is 10.3. The molecule has 106 valence electrons. The number of rotatable bonds is 2. The third-order valence-electron chi connectivity index (χ3n) is 3.03. The van der Waals surface area contributed by atoms with Crippen molar-refractivity contribution >= 4 is 33.2 Å². The fraction of sp³-hybridized carbons (Fsp3) is 0.455. The average Bonchev–Trinajstić information content (AvgIpc) is 2.36. The Bertz CT molecular complexity index is 595. The fourth-order valence-corrected chi connectivity index (χ4v) is 4.37. The first kappa shape index (κ1) is 15.0. The third-order valence-corrected chi connectivity index (χ3v) is 5.86. The van der Waals surface area contributed by atoms with Gasteiger partial charge in [0.25, 0.3) is 0 Å². The van der Waals surface area contributed by atoms with Crippen LogP contribution in [0.15, 0.2) is 17.0 Å². The van der Waals surface area contributed by atoms with Crippen molar-refractivity contribution < 1.29 is 12.8 Å². The molecule has 1 N–H and O–H groups in total. The molecule has 1 fully saturated rings. The highest BCUT2D eigenvalue weighted by Gasteiger charge is 2.33. The summed E-state index contributed by atoms with van der Waals surface area (Å²) in [7, 11) is -3.82. The predicted octanol–water partition coefficient (Wildman–Crippen LogP) is 2.11. The molecule has 8 heteroatoms. The van der Waals surface area contributed by atoms with Gasteiger partial charge in [0.15, 0.2) is 5.82 Å². The second-order valence-corrected chi connectivity index (χ2v) is 6.99. The maximum atomic E-state index is 13.6. The number of benzene rings is 1. The summed E-state index contributed by atoms with van der Waals surface area (Å²) in [5.41, 5.74) is 0. The van der Waals surface area contributed by atoms with Gasteiger partial charge in [0, 0.05) is 25.7 Å². The Morgan fingerprint density at radius 3 is 2.74 bits per heavy atom. The molecule has 2 rings (SSSR count). The van der Waals surface area contributed by atoms with Crippen molar-refractivity contribution in [1.82, 2.24) is 9.62 Å². The number of hydrogen-bond acceptors (Lipinski definition) is 3. The third kappa shape index (κ3) is 2.73. The Hall–Kier alpha value is -0.400. The topological polar surface area (TPSA) is 49.4 Å². The van der Waals surface area contributed by atoms with E-state index in [9.17, 15) is 12.8 Å². The maximum Gasteiger partial charge on any atom is 0.244 e. The van der Waals surface area contributed by atoms with Gasteiger partial charge in [-0.25, -0.2) is 12.8 Å². The molecule has 0 aliphatic carbocycles. The van der Waals surface area contributed by atoms with E-state index in [4.69, 9.17) is 23.2 Å². The van der Waals surface area contributed by atoms with E-state index in [0.29, 0.717) is 19.6 Å². The van der Waals surface area contributed by atoms with Gasteiger partial charge < -0.3 is 5.32 Å². The second kappa shape index (κ2) is 5.54. The zero-order valence-corrected chi connectivity index (χ0v) is 12.5. The normalized spacial score (nSPS) is 21.6. The molecule has 4 nitrogen and oxygen atoms in total. The van der Waals surface area contributed by atoms with Crippen LogP contribution in [0.25, 0.3) is 0 Å². The number of hydrogen-bond donors (Lipinski definition) is 1. The summed E-state index contributed by atoms with van der Waals surface area (Å²) in [5.74, 6) is -0.910. The molecule has 0 radical (unpaired) electrons. The molecule has 19 heavy (non-hydrogen) atoms. The molecule has 1 heterocycles. The summed E-state index contributed by atoms with van der Waals surface area (Å²) < 4.78 is 39.9. The highest BCUT2D eigenvalue weighted by atomic mass is 35.5. The lowest BCUT2D eigenvalue weighted by Gasteiger charge is -2.33. The van der Waals surface area contributed by atoms with Crippen LogP contribution in [-0.2, 0) is 10.0 Å². The van der Waals surface area contributed by atoms with E-state index >= 15 is 0 Å². The molecule has 0 aromatic heterocycles. The maximum absolute atomic E-state index is 13.6. The number of halogens is 3. The van der Waals surface area contributed by atoms with Crippen molar-refractivity contribution in [2.24, 2.45) is 0 Å². The predicted molar refractivity (Wildman–Crippen MR) is 72.6 cm³/mol. The first-order valence-corrected chi connectivity index (χ1v) is 7.91. The highest BCUT2D eigenvalue weighted by Crippen LogP contribution is 2.32. The van der Waals surface area contributed by atoms with Gasteiger partial charge in [0.1, 0.15) is 4.90 Å². The van der Waals surface area contributed by atoms with Crippen LogP contribution in [-0.4, -0.2) is 38.4 Å². The Balaban J connectivity index is 2.48. The first-order chi connectivity index (χ1) is 8.85. The number of nitrogens with one attached hydrogen (secondary N) is 1. The van der Waals surface area contributed by atoms with E-state index in [1.54, 1.807) is 6.92 Å². The molecule has 0 saturated carbocycles. The quantitative estimate of drug-likeness (QED) is 0.847. The van der Waals surface area contributed by atoms with Gasteiger partial charge in [-0.1, -0.05) is 23.2 Å². The molecule has 1 atom stereocenters.